The first-order valence-electron chi connectivity index (χ1n) is 14.7. The van der Waals surface area contributed by atoms with Gasteiger partial charge in [0.25, 0.3) is 23.6 Å². The molecule has 0 radical (unpaired) electrons. The van der Waals surface area contributed by atoms with E-state index in [1.807, 2.05) is 39.0 Å². The molecule has 0 atom stereocenters. The number of hydrogen-bond donors (Lipinski definition) is 0. The maximum atomic E-state index is 13.6. The maximum Gasteiger partial charge on any atom is 0.266 e. The third-order valence-corrected chi connectivity index (χ3v) is 9.72. The van der Waals surface area contributed by atoms with Gasteiger partial charge in [0, 0.05) is 16.7 Å². The van der Waals surface area contributed by atoms with Crippen LogP contribution in [-0.2, 0) is 5.41 Å². The molecule has 0 bridgehead atoms. The zero-order valence-corrected chi connectivity index (χ0v) is 25.0. The molecular formula is C35H36N2O5. The average molecular weight is 565 g/mol. The van der Waals surface area contributed by atoms with Crippen LogP contribution in [0.25, 0.3) is 0 Å². The van der Waals surface area contributed by atoms with Gasteiger partial charge in [-0.15, -0.1) is 0 Å². The van der Waals surface area contributed by atoms with E-state index in [0.29, 0.717) is 18.5 Å². The van der Waals surface area contributed by atoms with Gasteiger partial charge in [0.2, 0.25) is 0 Å². The van der Waals surface area contributed by atoms with Crippen molar-refractivity contribution in [3.05, 3.63) is 99.6 Å². The van der Waals surface area contributed by atoms with Crippen molar-refractivity contribution in [3.63, 3.8) is 0 Å². The van der Waals surface area contributed by atoms with Gasteiger partial charge in [-0.1, -0.05) is 58.9 Å². The molecule has 0 aromatic heterocycles. The minimum atomic E-state index is -0.624. The largest absolute Gasteiger partial charge is 0.289 e. The van der Waals surface area contributed by atoms with E-state index in [4.69, 9.17) is 0 Å². The normalized spacial score (nSPS) is 15.0. The van der Waals surface area contributed by atoms with Crippen LogP contribution in [0.15, 0.2) is 60.7 Å². The zero-order chi connectivity index (χ0) is 30.6. The molecule has 2 heterocycles. The Bertz CT molecular complexity index is 1660. The summed E-state index contributed by atoms with van der Waals surface area (Å²) in [6, 6.07) is 16.5. The Kier molecular flexibility index (Phi) is 7.25. The third-order valence-electron chi connectivity index (χ3n) is 9.72. The van der Waals surface area contributed by atoms with Gasteiger partial charge in [-0.2, -0.15) is 0 Å². The zero-order valence-electron chi connectivity index (χ0n) is 25.0. The standard InChI is InChI=1S/C35H36N2O5/c1-7-34(5,8-2)23-12-11-13-24(20-23)36-30(39)25-16-14-21(18-27(25)31(36)40)29(38)22-15-17-26-28(19-22)33(42)37(32(26)41)35(6,9-3)10-4/h11-20H,7-10H2,1-6H3. The Morgan fingerprint density at radius 2 is 1.12 bits per heavy atom. The van der Waals surface area contributed by atoms with E-state index in [1.165, 1.54) is 46.2 Å². The fourth-order valence-electron chi connectivity index (χ4n) is 5.90. The highest BCUT2D eigenvalue weighted by Gasteiger charge is 2.45. The first-order valence-corrected chi connectivity index (χ1v) is 14.7. The molecule has 2 aliphatic heterocycles. The number of benzene rings is 3. The molecule has 5 rings (SSSR count). The quantitative estimate of drug-likeness (QED) is 0.207. The second kappa shape index (κ2) is 10.5. The Labute approximate surface area is 246 Å². The van der Waals surface area contributed by atoms with Crippen LogP contribution in [0.5, 0.6) is 0 Å². The van der Waals surface area contributed by atoms with Gasteiger partial charge in [0.1, 0.15) is 0 Å². The summed E-state index contributed by atoms with van der Waals surface area (Å²) < 4.78 is 0. The predicted molar refractivity (Wildman–Crippen MR) is 161 cm³/mol. The first kappa shape index (κ1) is 29.1. The minimum absolute atomic E-state index is 0.0845. The van der Waals surface area contributed by atoms with Gasteiger partial charge in [-0.05, 0) is 80.0 Å². The molecule has 216 valence electrons. The Morgan fingerprint density at radius 3 is 1.67 bits per heavy atom. The van der Waals surface area contributed by atoms with E-state index in [9.17, 15) is 24.0 Å². The lowest BCUT2D eigenvalue weighted by Gasteiger charge is -2.35. The number of hydrogen-bond acceptors (Lipinski definition) is 5. The van der Waals surface area contributed by atoms with Crippen molar-refractivity contribution in [2.24, 2.45) is 0 Å². The van der Waals surface area contributed by atoms with Crippen molar-refractivity contribution in [2.45, 2.75) is 78.2 Å². The van der Waals surface area contributed by atoms with E-state index in [-0.39, 0.29) is 44.7 Å². The molecule has 4 amide bonds. The molecule has 3 aromatic rings. The van der Waals surface area contributed by atoms with Crippen molar-refractivity contribution in [1.82, 2.24) is 4.90 Å². The molecule has 0 spiro atoms. The fraction of sp³-hybridized carbons (Fsp3) is 0.343. The second-order valence-corrected chi connectivity index (χ2v) is 11.8. The van der Waals surface area contributed by atoms with Crippen LogP contribution in [0.2, 0.25) is 0 Å². The van der Waals surface area contributed by atoms with Crippen molar-refractivity contribution in [1.29, 1.82) is 0 Å². The number of ketones is 1. The minimum Gasteiger partial charge on any atom is -0.289 e. The van der Waals surface area contributed by atoms with Crippen LogP contribution in [0.1, 0.15) is 130 Å². The van der Waals surface area contributed by atoms with E-state index >= 15 is 0 Å². The van der Waals surface area contributed by atoms with Crippen molar-refractivity contribution in [2.75, 3.05) is 4.90 Å². The Hall–Kier alpha value is -4.39. The molecule has 0 fully saturated rings. The predicted octanol–water partition coefficient (Wildman–Crippen LogP) is 6.97. The van der Waals surface area contributed by atoms with Crippen LogP contribution in [0.3, 0.4) is 0 Å². The number of rotatable bonds is 9. The Balaban J connectivity index is 1.46. The van der Waals surface area contributed by atoms with Gasteiger partial charge in [-0.3, -0.25) is 28.9 Å². The molecule has 2 aliphatic rings. The lowest BCUT2D eigenvalue weighted by molar-refractivity contribution is 0.0434. The number of amides is 4. The van der Waals surface area contributed by atoms with Crippen molar-refractivity contribution >= 4 is 35.1 Å². The highest BCUT2D eigenvalue weighted by atomic mass is 16.2. The topological polar surface area (TPSA) is 91.8 Å². The number of carbonyl (C=O) groups is 5. The molecule has 3 aromatic carbocycles. The van der Waals surface area contributed by atoms with Crippen LogP contribution < -0.4 is 4.90 Å². The van der Waals surface area contributed by atoms with Gasteiger partial charge >= 0.3 is 0 Å². The summed E-state index contributed by atoms with van der Waals surface area (Å²) in [5.41, 5.74) is 2.16. The molecule has 0 aliphatic carbocycles. The van der Waals surface area contributed by atoms with Crippen LogP contribution in [0.4, 0.5) is 5.69 Å². The molecule has 42 heavy (non-hydrogen) atoms. The Morgan fingerprint density at radius 1 is 0.619 bits per heavy atom. The average Bonchev–Trinajstić information content (AvgIpc) is 3.43. The lowest BCUT2D eigenvalue weighted by Crippen LogP contribution is -2.48. The van der Waals surface area contributed by atoms with E-state index in [0.717, 1.165) is 18.4 Å². The molecule has 7 heteroatoms. The lowest BCUT2D eigenvalue weighted by atomic mass is 9.78. The second-order valence-electron chi connectivity index (χ2n) is 11.8. The highest BCUT2D eigenvalue weighted by Crippen LogP contribution is 2.37. The number of nitrogens with zero attached hydrogens (tertiary/aromatic N) is 2. The first-order chi connectivity index (χ1) is 19.9. The number of fused-ring (bicyclic) bond motifs is 2. The molecule has 0 saturated heterocycles. The molecule has 0 N–H and O–H groups in total. The number of carbonyl (C=O) groups excluding carboxylic acids is 5. The van der Waals surface area contributed by atoms with Gasteiger partial charge in [0.15, 0.2) is 5.78 Å². The summed E-state index contributed by atoms with van der Waals surface area (Å²) in [4.78, 5) is 69.4. The van der Waals surface area contributed by atoms with Gasteiger partial charge < -0.3 is 0 Å². The SMILES string of the molecule is CCC(C)(CC)c1cccc(N2C(=O)c3ccc(C(=O)c4ccc5c(c4)C(=O)N(C(C)(CC)CC)C5=O)cc3C2=O)c1. The number of imide groups is 2. The summed E-state index contributed by atoms with van der Waals surface area (Å²) in [6.07, 6.45) is 3.05. The third kappa shape index (κ3) is 4.30. The summed E-state index contributed by atoms with van der Waals surface area (Å²) >= 11 is 0. The van der Waals surface area contributed by atoms with Crippen molar-refractivity contribution < 1.29 is 24.0 Å². The van der Waals surface area contributed by atoms with Crippen LogP contribution in [0, 0.1) is 0 Å². The van der Waals surface area contributed by atoms with E-state index in [2.05, 4.69) is 20.8 Å². The highest BCUT2D eigenvalue weighted by molar-refractivity contribution is 6.35. The van der Waals surface area contributed by atoms with Crippen LogP contribution >= 0.6 is 0 Å². The molecule has 7 nitrogen and oxygen atoms in total. The molecule has 0 unspecified atom stereocenters. The van der Waals surface area contributed by atoms with Crippen LogP contribution in [-0.4, -0.2) is 39.9 Å². The maximum absolute atomic E-state index is 13.6. The van der Waals surface area contributed by atoms with Crippen molar-refractivity contribution in [3.8, 4) is 0 Å². The fourth-order valence-corrected chi connectivity index (χ4v) is 5.90. The smallest absolute Gasteiger partial charge is 0.266 e. The van der Waals surface area contributed by atoms with Gasteiger partial charge in [-0.25, -0.2) is 4.90 Å². The van der Waals surface area contributed by atoms with Gasteiger partial charge in [0.05, 0.1) is 27.9 Å². The summed E-state index contributed by atoms with van der Waals surface area (Å²) in [5.74, 6) is -2.09. The molecule has 0 saturated carbocycles. The summed E-state index contributed by atoms with van der Waals surface area (Å²) in [5, 5.41) is 0. The molecular weight excluding hydrogens is 528 g/mol. The van der Waals surface area contributed by atoms with E-state index < -0.39 is 29.0 Å². The summed E-state index contributed by atoms with van der Waals surface area (Å²) in [7, 11) is 0. The monoisotopic (exact) mass is 564 g/mol. The summed E-state index contributed by atoms with van der Waals surface area (Å²) in [6.45, 7) is 12.2. The van der Waals surface area contributed by atoms with E-state index in [1.54, 1.807) is 6.07 Å². The number of anilines is 1.